The number of nitrogens with zero attached hydrogens (tertiary/aromatic N) is 2. The number of hydrazine groups is 1. The molecule has 0 spiro atoms. The molecule has 0 saturated carbocycles. The van der Waals surface area contributed by atoms with E-state index < -0.39 is 0 Å². The number of carbonyl (C=O) groups is 1. The van der Waals surface area contributed by atoms with Crippen molar-refractivity contribution < 1.29 is 9.21 Å². The lowest BCUT2D eigenvalue weighted by atomic mass is 10.2. The summed E-state index contributed by atoms with van der Waals surface area (Å²) in [5, 5.41) is 0. The first-order valence-electron chi connectivity index (χ1n) is 6.61. The van der Waals surface area contributed by atoms with E-state index >= 15 is 0 Å². The van der Waals surface area contributed by atoms with E-state index in [1.807, 2.05) is 13.0 Å². The van der Waals surface area contributed by atoms with E-state index in [9.17, 15) is 4.79 Å². The van der Waals surface area contributed by atoms with E-state index in [-0.39, 0.29) is 5.91 Å². The number of amides is 1. The average Bonchev–Trinajstić information content (AvgIpc) is 2.62. The molecule has 1 amide bonds. The van der Waals surface area contributed by atoms with E-state index in [0.717, 1.165) is 50.5 Å². The lowest BCUT2D eigenvalue weighted by Gasteiger charge is -2.18. The van der Waals surface area contributed by atoms with Crippen molar-refractivity contribution in [2.75, 3.05) is 33.2 Å². The highest BCUT2D eigenvalue weighted by molar-refractivity contribution is 5.92. The Kier molecular flexibility index (Phi) is 4.57. The summed E-state index contributed by atoms with van der Waals surface area (Å²) in [6, 6.07) is 1.92. The van der Waals surface area contributed by atoms with E-state index in [2.05, 4.69) is 22.3 Å². The second kappa shape index (κ2) is 6.18. The van der Waals surface area contributed by atoms with Gasteiger partial charge in [-0.15, -0.1) is 0 Å². The Hall–Kier alpha value is -1.37. The van der Waals surface area contributed by atoms with Gasteiger partial charge in [-0.2, -0.15) is 0 Å². The summed E-state index contributed by atoms with van der Waals surface area (Å²) < 4.78 is 5.59. The van der Waals surface area contributed by atoms with Crippen LogP contribution in [0.4, 0.5) is 0 Å². The molecule has 3 N–H and O–H groups in total. The van der Waals surface area contributed by atoms with Gasteiger partial charge in [0.15, 0.2) is 5.76 Å². The van der Waals surface area contributed by atoms with Crippen molar-refractivity contribution in [1.82, 2.24) is 15.2 Å². The Morgan fingerprint density at radius 1 is 1.42 bits per heavy atom. The number of hydrogen-bond donors (Lipinski definition) is 2. The largest absolute Gasteiger partial charge is 0.454 e. The number of rotatable bonds is 3. The molecule has 0 radical (unpaired) electrons. The second-order valence-corrected chi connectivity index (χ2v) is 5.13. The maximum Gasteiger partial charge on any atom is 0.301 e. The van der Waals surface area contributed by atoms with Gasteiger partial charge in [0.25, 0.3) is 0 Å². The summed E-state index contributed by atoms with van der Waals surface area (Å²) in [4.78, 5) is 16.2. The van der Waals surface area contributed by atoms with Crippen LogP contribution in [0.5, 0.6) is 0 Å². The molecule has 1 saturated heterocycles. The molecule has 2 rings (SSSR count). The Bertz CT molecular complexity index is 444. The lowest BCUT2D eigenvalue weighted by Crippen LogP contribution is -2.30. The minimum Gasteiger partial charge on any atom is -0.454 e. The van der Waals surface area contributed by atoms with E-state index in [0.29, 0.717) is 5.76 Å². The molecular weight excluding hydrogens is 244 g/mol. The minimum atomic E-state index is -0.376. The molecule has 0 aromatic carbocycles. The molecule has 1 aromatic heterocycles. The molecule has 1 fully saturated rings. The van der Waals surface area contributed by atoms with E-state index in [1.54, 1.807) is 0 Å². The zero-order valence-corrected chi connectivity index (χ0v) is 11.6. The summed E-state index contributed by atoms with van der Waals surface area (Å²) in [7, 11) is 2.14. The third-order valence-corrected chi connectivity index (χ3v) is 3.50. The van der Waals surface area contributed by atoms with Gasteiger partial charge in [-0.1, -0.05) is 0 Å². The second-order valence-electron chi connectivity index (χ2n) is 5.13. The number of aryl methyl sites for hydroxylation is 1. The SMILES string of the molecule is Cc1cc(CN2CCCN(C)CC2)oc1C(=O)NN. The van der Waals surface area contributed by atoms with Crippen LogP contribution in [0.25, 0.3) is 0 Å². The number of carbonyl (C=O) groups excluding carboxylic acids is 1. The van der Waals surface area contributed by atoms with E-state index in [4.69, 9.17) is 10.3 Å². The molecule has 6 nitrogen and oxygen atoms in total. The fourth-order valence-corrected chi connectivity index (χ4v) is 2.40. The van der Waals surface area contributed by atoms with Crippen LogP contribution in [0.2, 0.25) is 0 Å². The molecule has 0 aliphatic carbocycles. The van der Waals surface area contributed by atoms with Gasteiger partial charge in [-0.25, -0.2) is 5.84 Å². The van der Waals surface area contributed by atoms with Crippen molar-refractivity contribution >= 4 is 5.91 Å². The van der Waals surface area contributed by atoms with Crippen LogP contribution < -0.4 is 11.3 Å². The van der Waals surface area contributed by atoms with Crippen molar-refractivity contribution in [2.24, 2.45) is 5.84 Å². The van der Waals surface area contributed by atoms with Crippen molar-refractivity contribution in [1.29, 1.82) is 0 Å². The van der Waals surface area contributed by atoms with Crippen LogP contribution in [-0.2, 0) is 6.54 Å². The number of likely N-dealkylation sites (N-methyl/N-ethyl adjacent to an activating group) is 1. The Morgan fingerprint density at radius 2 is 2.21 bits per heavy atom. The fraction of sp³-hybridized carbons (Fsp3) is 0.615. The van der Waals surface area contributed by atoms with E-state index in [1.165, 1.54) is 0 Å². The van der Waals surface area contributed by atoms with Gasteiger partial charge in [-0.3, -0.25) is 15.1 Å². The first-order chi connectivity index (χ1) is 9.10. The van der Waals surface area contributed by atoms with Gasteiger partial charge in [-0.05, 0) is 39.5 Å². The maximum atomic E-state index is 11.5. The summed E-state index contributed by atoms with van der Waals surface area (Å²) in [5.74, 6) is 5.88. The summed E-state index contributed by atoms with van der Waals surface area (Å²) >= 11 is 0. The van der Waals surface area contributed by atoms with Gasteiger partial charge in [0.1, 0.15) is 5.76 Å². The van der Waals surface area contributed by atoms with Gasteiger partial charge in [0, 0.05) is 18.7 Å². The van der Waals surface area contributed by atoms with Crippen molar-refractivity contribution in [2.45, 2.75) is 19.9 Å². The molecule has 1 aromatic rings. The summed E-state index contributed by atoms with van der Waals surface area (Å²) in [6.07, 6.45) is 1.16. The van der Waals surface area contributed by atoms with Gasteiger partial charge in [0.05, 0.1) is 6.54 Å². The smallest absolute Gasteiger partial charge is 0.301 e. The number of furan rings is 1. The molecule has 6 heteroatoms. The zero-order chi connectivity index (χ0) is 13.8. The van der Waals surface area contributed by atoms with Gasteiger partial charge in [0.2, 0.25) is 0 Å². The average molecular weight is 266 g/mol. The molecule has 106 valence electrons. The molecular formula is C13H22N4O2. The van der Waals surface area contributed by atoms with Crippen LogP contribution in [-0.4, -0.2) is 48.9 Å². The van der Waals surface area contributed by atoms with Crippen molar-refractivity contribution in [3.8, 4) is 0 Å². The predicted molar refractivity (Wildman–Crippen MR) is 72.5 cm³/mol. The van der Waals surface area contributed by atoms with Gasteiger partial charge < -0.3 is 9.32 Å². The van der Waals surface area contributed by atoms with Crippen molar-refractivity contribution in [3.63, 3.8) is 0 Å². The number of nitrogens with two attached hydrogens (primary N) is 1. The third kappa shape index (κ3) is 3.56. The van der Waals surface area contributed by atoms with Crippen LogP contribution >= 0.6 is 0 Å². The van der Waals surface area contributed by atoms with Crippen LogP contribution in [0.15, 0.2) is 10.5 Å². The molecule has 0 atom stereocenters. The van der Waals surface area contributed by atoms with Crippen LogP contribution in [0.3, 0.4) is 0 Å². The number of nitrogen functional groups attached to an aromatic ring is 1. The molecule has 0 unspecified atom stereocenters. The zero-order valence-electron chi connectivity index (χ0n) is 11.6. The summed E-state index contributed by atoms with van der Waals surface area (Å²) in [5.41, 5.74) is 2.93. The third-order valence-electron chi connectivity index (χ3n) is 3.50. The molecule has 2 heterocycles. The van der Waals surface area contributed by atoms with Gasteiger partial charge >= 0.3 is 5.91 Å². The Labute approximate surface area is 113 Å². The maximum absolute atomic E-state index is 11.5. The standard InChI is InChI=1S/C13H22N4O2/c1-10-8-11(19-12(10)13(18)15-14)9-17-5-3-4-16(2)6-7-17/h8H,3-7,9,14H2,1-2H3,(H,15,18). The first-order valence-corrected chi connectivity index (χ1v) is 6.61. The Morgan fingerprint density at radius 3 is 2.95 bits per heavy atom. The quantitative estimate of drug-likeness (QED) is 0.468. The topological polar surface area (TPSA) is 74.7 Å². The lowest BCUT2D eigenvalue weighted by molar-refractivity contribution is 0.0921. The highest BCUT2D eigenvalue weighted by Gasteiger charge is 2.18. The molecule has 19 heavy (non-hydrogen) atoms. The molecule has 0 bridgehead atoms. The predicted octanol–water partition coefficient (Wildman–Crippen LogP) is 0.329. The normalized spacial score (nSPS) is 18.3. The highest BCUT2D eigenvalue weighted by atomic mass is 16.4. The van der Waals surface area contributed by atoms with Crippen LogP contribution in [0.1, 0.15) is 28.3 Å². The van der Waals surface area contributed by atoms with Crippen molar-refractivity contribution in [3.05, 3.63) is 23.2 Å². The summed E-state index contributed by atoms with van der Waals surface area (Å²) in [6.45, 7) is 6.88. The Balaban J connectivity index is 2.01. The first kappa shape index (κ1) is 14.0. The minimum absolute atomic E-state index is 0.310. The highest BCUT2D eigenvalue weighted by Crippen LogP contribution is 2.17. The number of nitrogens with one attached hydrogen (secondary N) is 1. The molecule has 1 aliphatic heterocycles. The fourth-order valence-electron chi connectivity index (χ4n) is 2.40. The monoisotopic (exact) mass is 266 g/mol. The molecule has 1 aliphatic rings. The van der Waals surface area contributed by atoms with Crippen LogP contribution in [0, 0.1) is 6.92 Å². The number of hydrogen-bond acceptors (Lipinski definition) is 5.